The minimum Gasteiger partial charge on any atom is -0.380 e. The molecule has 0 saturated carbocycles. The average molecular weight is 182 g/mol. The van der Waals surface area contributed by atoms with Crippen LogP contribution in [0.15, 0.2) is 6.33 Å². The fourth-order valence-electron chi connectivity index (χ4n) is 1.88. The molecular weight excluding hydrogens is 168 g/mol. The van der Waals surface area contributed by atoms with Crippen molar-refractivity contribution in [3.8, 4) is 0 Å². The lowest BCUT2D eigenvalue weighted by Gasteiger charge is -2.20. The third-order valence-corrected chi connectivity index (χ3v) is 2.57. The normalized spacial score (nSPS) is 29.8. The van der Waals surface area contributed by atoms with Gasteiger partial charge in [-0.2, -0.15) is 5.10 Å². The number of rotatable bonds is 1. The van der Waals surface area contributed by atoms with E-state index in [4.69, 9.17) is 0 Å². The number of likely N-dealkylation sites (tertiary alicyclic amines) is 1. The zero-order chi connectivity index (χ0) is 9.47. The Morgan fingerprint density at radius 2 is 2.31 bits per heavy atom. The average Bonchev–Trinajstić information content (AvgIpc) is 2.59. The van der Waals surface area contributed by atoms with Crippen molar-refractivity contribution in [3.63, 3.8) is 0 Å². The Kier molecular flexibility index (Phi) is 1.85. The molecule has 72 valence electrons. The third-order valence-electron chi connectivity index (χ3n) is 2.57. The molecular formula is C8H14N4O. The smallest absolute Gasteiger partial charge is 0.159 e. The summed E-state index contributed by atoms with van der Waals surface area (Å²) in [6, 6.07) is 0. The SMILES string of the molecule is CN1CCC(O)(c2ncnn2C)C1. The summed E-state index contributed by atoms with van der Waals surface area (Å²) in [6.07, 6.45) is 2.21. The Balaban J connectivity index is 2.30. The molecule has 0 aliphatic carbocycles. The van der Waals surface area contributed by atoms with Crippen LogP contribution in [0.4, 0.5) is 0 Å². The van der Waals surface area contributed by atoms with E-state index in [1.807, 2.05) is 7.05 Å². The summed E-state index contributed by atoms with van der Waals surface area (Å²) in [4.78, 5) is 6.17. The monoisotopic (exact) mass is 182 g/mol. The van der Waals surface area contributed by atoms with Crippen LogP contribution in [0, 0.1) is 0 Å². The minimum atomic E-state index is -0.806. The number of aliphatic hydroxyl groups is 1. The topological polar surface area (TPSA) is 54.2 Å². The summed E-state index contributed by atoms with van der Waals surface area (Å²) >= 11 is 0. The largest absolute Gasteiger partial charge is 0.380 e. The van der Waals surface area contributed by atoms with Gasteiger partial charge in [-0.25, -0.2) is 4.98 Å². The van der Waals surface area contributed by atoms with E-state index in [9.17, 15) is 5.11 Å². The van der Waals surface area contributed by atoms with Gasteiger partial charge in [0, 0.05) is 20.1 Å². The molecule has 1 unspecified atom stereocenters. The highest BCUT2D eigenvalue weighted by atomic mass is 16.3. The van der Waals surface area contributed by atoms with Gasteiger partial charge < -0.3 is 10.0 Å². The van der Waals surface area contributed by atoms with Gasteiger partial charge in [0.15, 0.2) is 5.82 Å². The summed E-state index contributed by atoms with van der Waals surface area (Å²) < 4.78 is 1.64. The molecule has 2 rings (SSSR count). The fraction of sp³-hybridized carbons (Fsp3) is 0.750. The van der Waals surface area contributed by atoms with Gasteiger partial charge in [-0.05, 0) is 13.5 Å². The van der Waals surface area contributed by atoms with E-state index in [-0.39, 0.29) is 0 Å². The number of nitrogens with zero attached hydrogens (tertiary/aromatic N) is 4. The Morgan fingerprint density at radius 1 is 1.54 bits per heavy atom. The molecule has 0 amide bonds. The summed E-state index contributed by atoms with van der Waals surface area (Å²) in [6.45, 7) is 1.54. The molecule has 2 heterocycles. The van der Waals surface area contributed by atoms with Crippen LogP contribution in [0.5, 0.6) is 0 Å². The van der Waals surface area contributed by atoms with Gasteiger partial charge in [0.1, 0.15) is 11.9 Å². The van der Waals surface area contributed by atoms with Crippen LogP contribution in [-0.2, 0) is 12.6 Å². The highest BCUT2D eigenvalue weighted by Crippen LogP contribution is 2.28. The van der Waals surface area contributed by atoms with Crippen LogP contribution in [0.2, 0.25) is 0 Å². The second kappa shape index (κ2) is 2.78. The third kappa shape index (κ3) is 1.34. The van der Waals surface area contributed by atoms with Crippen molar-refractivity contribution in [1.29, 1.82) is 0 Å². The highest BCUT2D eigenvalue weighted by molar-refractivity contribution is 5.05. The second-order valence-electron chi connectivity index (χ2n) is 3.73. The number of aromatic nitrogens is 3. The summed E-state index contributed by atoms with van der Waals surface area (Å²) in [5.74, 6) is 0.664. The Hall–Kier alpha value is -0.940. The fourth-order valence-corrected chi connectivity index (χ4v) is 1.88. The molecule has 1 aliphatic rings. The molecule has 0 spiro atoms. The number of β-amino-alcohol motifs (C(OH)–C–C–N with tert-alkyl or cyclic N) is 1. The van der Waals surface area contributed by atoms with Crippen LogP contribution >= 0.6 is 0 Å². The van der Waals surface area contributed by atoms with E-state index < -0.39 is 5.60 Å². The van der Waals surface area contributed by atoms with Gasteiger partial charge in [-0.3, -0.25) is 4.68 Å². The lowest BCUT2D eigenvalue weighted by atomic mass is 10.0. The molecule has 0 bridgehead atoms. The highest BCUT2D eigenvalue weighted by Gasteiger charge is 2.39. The minimum absolute atomic E-state index is 0.638. The summed E-state index contributed by atoms with van der Waals surface area (Å²) in [5, 5.41) is 14.2. The Labute approximate surface area is 77.0 Å². The predicted molar refractivity (Wildman–Crippen MR) is 47.0 cm³/mol. The second-order valence-corrected chi connectivity index (χ2v) is 3.73. The van der Waals surface area contributed by atoms with E-state index in [0.29, 0.717) is 12.4 Å². The van der Waals surface area contributed by atoms with Crippen LogP contribution in [0.1, 0.15) is 12.2 Å². The first-order valence-electron chi connectivity index (χ1n) is 4.37. The van der Waals surface area contributed by atoms with Gasteiger partial charge in [-0.15, -0.1) is 0 Å². The van der Waals surface area contributed by atoms with Crippen molar-refractivity contribution in [1.82, 2.24) is 19.7 Å². The lowest BCUT2D eigenvalue weighted by Crippen LogP contribution is -2.32. The molecule has 1 aromatic rings. The molecule has 5 nitrogen and oxygen atoms in total. The van der Waals surface area contributed by atoms with Crippen molar-refractivity contribution in [2.75, 3.05) is 20.1 Å². The van der Waals surface area contributed by atoms with Crippen LogP contribution < -0.4 is 0 Å². The first kappa shape index (κ1) is 8.65. The van der Waals surface area contributed by atoms with Gasteiger partial charge in [0.05, 0.1) is 0 Å². The first-order chi connectivity index (χ1) is 6.12. The molecule has 1 saturated heterocycles. The molecule has 13 heavy (non-hydrogen) atoms. The molecule has 1 atom stereocenters. The number of hydrogen-bond donors (Lipinski definition) is 1. The molecule has 5 heteroatoms. The maximum absolute atomic E-state index is 10.2. The van der Waals surface area contributed by atoms with Crippen molar-refractivity contribution in [3.05, 3.63) is 12.2 Å². The van der Waals surface area contributed by atoms with Crippen LogP contribution in [0.3, 0.4) is 0 Å². The van der Waals surface area contributed by atoms with E-state index in [1.54, 1.807) is 11.7 Å². The maximum atomic E-state index is 10.2. The molecule has 1 fully saturated rings. The Bertz CT molecular complexity index is 311. The number of likely N-dealkylation sites (N-methyl/N-ethyl adjacent to an activating group) is 1. The van der Waals surface area contributed by atoms with Crippen molar-refractivity contribution in [2.45, 2.75) is 12.0 Å². The van der Waals surface area contributed by atoms with Crippen LogP contribution in [0.25, 0.3) is 0 Å². The van der Waals surface area contributed by atoms with E-state index in [1.165, 1.54) is 6.33 Å². The van der Waals surface area contributed by atoms with Crippen LogP contribution in [-0.4, -0.2) is 44.9 Å². The van der Waals surface area contributed by atoms with E-state index in [2.05, 4.69) is 15.0 Å². The van der Waals surface area contributed by atoms with Crippen molar-refractivity contribution in [2.24, 2.45) is 7.05 Å². The standard InChI is InChI=1S/C8H14N4O/c1-11-4-3-8(13,5-11)7-9-6-10-12(7)2/h6,13H,3-5H2,1-2H3. The molecule has 1 aliphatic heterocycles. The summed E-state index contributed by atoms with van der Waals surface area (Å²) in [5.41, 5.74) is -0.806. The quantitative estimate of drug-likeness (QED) is 0.626. The number of hydrogen-bond acceptors (Lipinski definition) is 4. The predicted octanol–water partition coefficient (Wildman–Crippen LogP) is -0.662. The molecule has 1 N–H and O–H groups in total. The summed E-state index contributed by atoms with van der Waals surface area (Å²) in [7, 11) is 3.80. The van der Waals surface area contributed by atoms with Gasteiger partial charge >= 0.3 is 0 Å². The van der Waals surface area contributed by atoms with Crippen molar-refractivity contribution < 1.29 is 5.11 Å². The van der Waals surface area contributed by atoms with E-state index in [0.717, 1.165) is 13.0 Å². The van der Waals surface area contributed by atoms with E-state index >= 15 is 0 Å². The number of aryl methyl sites for hydroxylation is 1. The van der Waals surface area contributed by atoms with Gasteiger partial charge in [-0.1, -0.05) is 0 Å². The zero-order valence-electron chi connectivity index (χ0n) is 7.93. The maximum Gasteiger partial charge on any atom is 0.159 e. The lowest BCUT2D eigenvalue weighted by molar-refractivity contribution is 0.0361. The molecule has 1 aromatic heterocycles. The Morgan fingerprint density at radius 3 is 2.77 bits per heavy atom. The van der Waals surface area contributed by atoms with Gasteiger partial charge in [0.2, 0.25) is 0 Å². The zero-order valence-corrected chi connectivity index (χ0v) is 7.93. The molecule has 0 aromatic carbocycles. The van der Waals surface area contributed by atoms with Gasteiger partial charge in [0.25, 0.3) is 0 Å². The first-order valence-corrected chi connectivity index (χ1v) is 4.37. The van der Waals surface area contributed by atoms with Crippen molar-refractivity contribution >= 4 is 0 Å². The molecule has 0 radical (unpaired) electrons.